The number of hydrogen-bond donors (Lipinski definition) is 0. The van der Waals surface area contributed by atoms with Gasteiger partial charge in [0.1, 0.15) is 5.69 Å². The molecule has 2 aliphatic heterocycles. The molecule has 0 bridgehead atoms. The van der Waals surface area contributed by atoms with Gasteiger partial charge in [0, 0.05) is 44.8 Å². The first kappa shape index (κ1) is 14.2. The molecule has 3 aliphatic rings. The summed E-state index contributed by atoms with van der Waals surface area (Å²) >= 11 is 0. The van der Waals surface area contributed by atoms with Crippen LogP contribution < -0.4 is 0 Å². The molecule has 2 aromatic rings. The Labute approximate surface area is 141 Å². The summed E-state index contributed by atoms with van der Waals surface area (Å²) in [5.41, 5.74) is 2.15. The van der Waals surface area contributed by atoms with Crippen LogP contribution in [0.25, 0.3) is 0 Å². The molecule has 24 heavy (non-hydrogen) atoms. The highest BCUT2D eigenvalue weighted by Gasteiger charge is 2.46. The average Bonchev–Trinajstić information content (AvgIpc) is 3.11. The summed E-state index contributed by atoms with van der Waals surface area (Å²) in [4.78, 5) is 21.7. The minimum absolute atomic E-state index is 0.221. The summed E-state index contributed by atoms with van der Waals surface area (Å²) in [6, 6.07) is 8.83. The Morgan fingerprint density at radius 1 is 1.08 bits per heavy atom. The maximum absolute atomic E-state index is 12.9. The van der Waals surface area contributed by atoms with E-state index >= 15 is 0 Å². The van der Waals surface area contributed by atoms with E-state index in [4.69, 9.17) is 0 Å². The van der Waals surface area contributed by atoms with Crippen molar-refractivity contribution in [3.8, 4) is 0 Å². The zero-order chi connectivity index (χ0) is 16.1. The van der Waals surface area contributed by atoms with Crippen LogP contribution in [0.1, 0.15) is 34.9 Å². The number of amides is 1. The molecule has 2 aromatic heterocycles. The highest BCUT2D eigenvalue weighted by atomic mass is 16.2. The molecular formula is C19H22N4O. The van der Waals surface area contributed by atoms with Crippen LogP contribution in [0.15, 0.2) is 42.9 Å². The summed E-state index contributed by atoms with van der Waals surface area (Å²) in [5.74, 6) is 0.948. The predicted molar refractivity (Wildman–Crippen MR) is 90.5 cm³/mol. The molecule has 0 radical (unpaired) electrons. The second kappa shape index (κ2) is 5.45. The lowest BCUT2D eigenvalue weighted by Gasteiger charge is -2.38. The molecule has 1 aliphatic carbocycles. The van der Waals surface area contributed by atoms with Crippen LogP contribution in [0.4, 0.5) is 0 Å². The van der Waals surface area contributed by atoms with Crippen molar-refractivity contribution in [3.63, 3.8) is 0 Å². The first-order valence-electron chi connectivity index (χ1n) is 8.88. The maximum atomic E-state index is 12.9. The first-order valence-corrected chi connectivity index (χ1v) is 8.88. The fourth-order valence-electron chi connectivity index (χ4n) is 4.26. The maximum Gasteiger partial charge on any atom is 0.270 e. The second-order valence-electron chi connectivity index (χ2n) is 7.39. The van der Waals surface area contributed by atoms with Gasteiger partial charge in [0.25, 0.3) is 5.91 Å². The normalized spacial score (nSPS) is 26.5. The lowest BCUT2D eigenvalue weighted by molar-refractivity contribution is 0.0565. The predicted octanol–water partition coefficient (Wildman–Crippen LogP) is 2.17. The van der Waals surface area contributed by atoms with Crippen molar-refractivity contribution in [1.82, 2.24) is 19.4 Å². The van der Waals surface area contributed by atoms with E-state index in [1.54, 1.807) is 0 Å². The third-order valence-corrected chi connectivity index (χ3v) is 5.66. The van der Waals surface area contributed by atoms with Gasteiger partial charge in [0.2, 0.25) is 0 Å². The Hall–Kier alpha value is -2.14. The van der Waals surface area contributed by atoms with Crippen LogP contribution >= 0.6 is 0 Å². The molecule has 2 unspecified atom stereocenters. The molecule has 2 atom stereocenters. The zero-order valence-electron chi connectivity index (χ0n) is 13.7. The smallest absolute Gasteiger partial charge is 0.270 e. The van der Waals surface area contributed by atoms with Gasteiger partial charge in [-0.15, -0.1) is 0 Å². The standard InChI is InChI=1S/C19H22N4O/c24-19-16-2-1-9-22(16)17-12-21(10-15-5-7-20-8-6-15)13-18(17)23(19)11-14-3-4-14/h1-2,5-9,14,17-18H,3-4,10-13H2. The minimum Gasteiger partial charge on any atom is -0.337 e. The number of carbonyl (C=O) groups excluding carboxylic acids is 1. The van der Waals surface area contributed by atoms with Gasteiger partial charge in [-0.1, -0.05) is 0 Å². The molecule has 0 spiro atoms. The van der Waals surface area contributed by atoms with E-state index in [9.17, 15) is 4.79 Å². The Morgan fingerprint density at radius 2 is 1.88 bits per heavy atom. The number of pyridine rings is 1. The summed E-state index contributed by atoms with van der Waals surface area (Å²) in [5, 5.41) is 0. The van der Waals surface area contributed by atoms with Crippen molar-refractivity contribution in [3.05, 3.63) is 54.1 Å². The summed E-state index contributed by atoms with van der Waals surface area (Å²) in [7, 11) is 0. The molecular weight excluding hydrogens is 300 g/mol. The van der Waals surface area contributed by atoms with Crippen LogP contribution in [0, 0.1) is 5.92 Å². The van der Waals surface area contributed by atoms with Gasteiger partial charge >= 0.3 is 0 Å². The lowest BCUT2D eigenvalue weighted by atomic mass is 10.1. The second-order valence-corrected chi connectivity index (χ2v) is 7.39. The number of aromatic nitrogens is 2. The van der Waals surface area contributed by atoms with Gasteiger partial charge in [-0.3, -0.25) is 14.7 Å². The third-order valence-electron chi connectivity index (χ3n) is 5.66. The molecule has 1 amide bonds. The van der Waals surface area contributed by atoms with Crippen LogP contribution in [0.3, 0.4) is 0 Å². The number of nitrogens with zero attached hydrogens (tertiary/aromatic N) is 4. The fourth-order valence-corrected chi connectivity index (χ4v) is 4.26. The largest absolute Gasteiger partial charge is 0.337 e. The van der Waals surface area contributed by atoms with Gasteiger partial charge in [0.05, 0.1) is 12.1 Å². The molecule has 5 rings (SSSR count). The number of rotatable bonds is 4. The minimum atomic E-state index is 0.221. The van der Waals surface area contributed by atoms with E-state index in [-0.39, 0.29) is 5.91 Å². The highest BCUT2D eigenvalue weighted by Crippen LogP contribution is 2.38. The molecule has 0 N–H and O–H groups in total. The molecule has 1 saturated carbocycles. The van der Waals surface area contributed by atoms with Gasteiger partial charge in [0.15, 0.2) is 0 Å². The van der Waals surface area contributed by atoms with Crippen molar-refractivity contribution in [1.29, 1.82) is 0 Å². The van der Waals surface area contributed by atoms with Crippen LogP contribution in [-0.4, -0.2) is 50.9 Å². The third kappa shape index (κ3) is 2.35. The summed E-state index contributed by atoms with van der Waals surface area (Å²) < 4.78 is 2.21. The van der Waals surface area contributed by atoms with Crippen molar-refractivity contribution in [2.45, 2.75) is 31.5 Å². The first-order chi connectivity index (χ1) is 11.8. The molecule has 5 nitrogen and oxygen atoms in total. The quantitative estimate of drug-likeness (QED) is 0.866. The molecule has 1 saturated heterocycles. The van der Waals surface area contributed by atoms with Crippen molar-refractivity contribution >= 4 is 5.91 Å². The van der Waals surface area contributed by atoms with E-state index in [0.717, 1.165) is 37.8 Å². The van der Waals surface area contributed by atoms with Crippen LogP contribution in [0.2, 0.25) is 0 Å². The number of hydrogen-bond acceptors (Lipinski definition) is 3. The highest BCUT2D eigenvalue weighted by molar-refractivity contribution is 5.94. The SMILES string of the molecule is O=C1c2cccn2C2CN(Cc3ccncc3)CC2N1CC1CC1. The van der Waals surface area contributed by atoms with Crippen LogP contribution in [-0.2, 0) is 6.54 Å². The van der Waals surface area contributed by atoms with E-state index in [1.165, 1.54) is 18.4 Å². The molecule has 124 valence electrons. The Bertz CT molecular complexity index is 752. The van der Waals surface area contributed by atoms with Crippen LogP contribution in [0.5, 0.6) is 0 Å². The van der Waals surface area contributed by atoms with E-state index < -0.39 is 0 Å². The summed E-state index contributed by atoms with van der Waals surface area (Å²) in [6.45, 7) is 3.83. The Morgan fingerprint density at radius 3 is 2.67 bits per heavy atom. The lowest BCUT2D eigenvalue weighted by Crippen LogP contribution is -2.51. The van der Waals surface area contributed by atoms with E-state index in [1.807, 2.05) is 24.5 Å². The Kier molecular flexibility index (Phi) is 3.23. The molecule has 4 heterocycles. The van der Waals surface area contributed by atoms with Crippen molar-refractivity contribution < 1.29 is 4.79 Å². The van der Waals surface area contributed by atoms with Gasteiger partial charge < -0.3 is 9.47 Å². The van der Waals surface area contributed by atoms with Gasteiger partial charge in [-0.25, -0.2) is 0 Å². The Balaban J connectivity index is 1.42. The monoisotopic (exact) mass is 322 g/mol. The van der Waals surface area contributed by atoms with Gasteiger partial charge in [-0.05, 0) is 48.6 Å². The van der Waals surface area contributed by atoms with Crippen molar-refractivity contribution in [2.24, 2.45) is 5.92 Å². The fraction of sp³-hybridized carbons (Fsp3) is 0.474. The average molecular weight is 322 g/mol. The van der Waals surface area contributed by atoms with E-state index in [2.05, 4.69) is 37.7 Å². The van der Waals surface area contributed by atoms with E-state index in [0.29, 0.717) is 12.1 Å². The van der Waals surface area contributed by atoms with Crippen molar-refractivity contribution in [2.75, 3.05) is 19.6 Å². The molecule has 5 heteroatoms. The summed E-state index contributed by atoms with van der Waals surface area (Å²) in [6.07, 6.45) is 8.35. The zero-order valence-corrected chi connectivity index (χ0v) is 13.7. The molecule has 2 fully saturated rings. The number of fused-ring (bicyclic) bond motifs is 3. The number of carbonyl (C=O) groups is 1. The topological polar surface area (TPSA) is 41.4 Å². The number of likely N-dealkylation sites (tertiary alicyclic amines) is 1. The van der Waals surface area contributed by atoms with Gasteiger partial charge in [-0.2, -0.15) is 0 Å². The molecule has 0 aromatic carbocycles.